The summed E-state index contributed by atoms with van der Waals surface area (Å²) >= 11 is 0. The molecule has 1 heterocycles. The lowest BCUT2D eigenvalue weighted by Gasteiger charge is -2.13. The molecule has 0 spiro atoms. The zero-order chi connectivity index (χ0) is 19.7. The molecule has 28 heavy (non-hydrogen) atoms. The van der Waals surface area contributed by atoms with Gasteiger partial charge in [0.15, 0.2) is 12.4 Å². The molecule has 0 saturated heterocycles. The molecule has 144 valence electrons. The molecule has 1 aliphatic rings. The molecule has 0 radical (unpaired) electrons. The Morgan fingerprint density at radius 3 is 2.50 bits per heavy atom. The van der Waals surface area contributed by atoms with Gasteiger partial charge in [-0.15, -0.1) is 0 Å². The standard InChI is InChI=1S/C23H21FO4/c1-14-21(27-13-20(25)15-7-9-16(24)10-8-15)12-11-18-17-5-3-2-4-6-19(17)23(26)28-22(14)18/h7-12H,2-6,13H2,1H3. The average Bonchev–Trinajstić information content (AvgIpc) is 2.95. The molecule has 0 saturated carbocycles. The van der Waals surface area contributed by atoms with Crippen LogP contribution in [0.5, 0.6) is 5.75 Å². The van der Waals surface area contributed by atoms with E-state index in [2.05, 4.69) is 0 Å². The highest BCUT2D eigenvalue weighted by molar-refractivity contribution is 5.97. The summed E-state index contributed by atoms with van der Waals surface area (Å²) < 4.78 is 24.3. The summed E-state index contributed by atoms with van der Waals surface area (Å²) in [4.78, 5) is 24.7. The van der Waals surface area contributed by atoms with Gasteiger partial charge < -0.3 is 9.15 Å². The number of hydrogen-bond acceptors (Lipinski definition) is 4. The lowest BCUT2D eigenvalue weighted by Crippen LogP contribution is -2.13. The largest absolute Gasteiger partial charge is 0.485 e. The molecule has 2 aromatic carbocycles. The molecule has 0 amide bonds. The summed E-state index contributed by atoms with van der Waals surface area (Å²) in [6.45, 7) is 1.65. The Labute approximate surface area is 161 Å². The number of benzene rings is 2. The topological polar surface area (TPSA) is 56.5 Å². The van der Waals surface area contributed by atoms with Gasteiger partial charge in [-0.2, -0.15) is 0 Å². The third-order valence-corrected chi connectivity index (χ3v) is 5.37. The van der Waals surface area contributed by atoms with Crippen LogP contribution in [-0.2, 0) is 12.8 Å². The van der Waals surface area contributed by atoms with E-state index in [1.54, 1.807) is 0 Å². The number of ketones is 1. The van der Waals surface area contributed by atoms with E-state index < -0.39 is 5.82 Å². The summed E-state index contributed by atoms with van der Waals surface area (Å²) in [5, 5.41) is 0.950. The van der Waals surface area contributed by atoms with Crippen molar-refractivity contribution in [3.63, 3.8) is 0 Å². The van der Waals surface area contributed by atoms with E-state index in [-0.39, 0.29) is 18.0 Å². The number of Topliss-reactive ketones (excluding diaryl/α,β-unsaturated/α-hetero) is 1. The van der Waals surface area contributed by atoms with Crippen LogP contribution in [-0.4, -0.2) is 12.4 Å². The van der Waals surface area contributed by atoms with Crippen LogP contribution in [0.25, 0.3) is 11.0 Å². The molecule has 1 aliphatic carbocycles. The summed E-state index contributed by atoms with van der Waals surface area (Å²) in [7, 11) is 0. The fourth-order valence-electron chi connectivity index (χ4n) is 3.82. The normalized spacial score (nSPS) is 13.8. The molecule has 1 aromatic heterocycles. The van der Waals surface area contributed by atoms with Crippen LogP contribution in [0, 0.1) is 12.7 Å². The van der Waals surface area contributed by atoms with Gasteiger partial charge in [0.2, 0.25) is 0 Å². The van der Waals surface area contributed by atoms with E-state index in [0.717, 1.165) is 48.6 Å². The summed E-state index contributed by atoms with van der Waals surface area (Å²) in [6, 6.07) is 9.09. The number of carbonyl (C=O) groups excluding carboxylic acids is 1. The fraction of sp³-hybridized carbons (Fsp3) is 0.304. The minimum absolute atomic E-state index is 0.173. The maximum Gasteiger partial charge on any atom is 0.339 e. The zero-order valence-corrected chi connectivity index (χ0v) is 15.7. The molecule has 4 nitrogen and oxygen atoms in total. The first kappa shape index (κ1) is 18.4. The van der Waals surface area contributed by atoms with Gasteiger partial charge in [-0.05, 0) is 74.6 Å². The summed E-state index contributed by atoms with van der Waals surface area (Å²) in [5.74, 6) is -0.139. The van der Waals surface area contributed by atoms with Crippen molar-refractivity contribution < 1.29 is 18.3 Å². The number of carbonyl (C=O) groups is 1. The monoisotopic (exact) mass is 380 g/mol. The van der Waals surface area contributed by atoms with E-state index in [4.69, 9.17) is 9.15 Å². The molecule has 0 bridgehead atoms. The van der Waals surface area contributed by atoms with Crippen LogP contribution in [0.2, 0.25) is 0 Å². The van der Waals surface area contributed by atoms with Gasteiger partial charge in [0.05, 0.1) is 0 Å². The molecule has 0 aliphatic heterocycles. The molecule has 3 aromatic rings. The maximum absolute atomic E-state index is 13.0. The van der Waals surface area contributed by atoms with Gasteiger partial charge in [0.1, 0.15) is 17.1 Å². The van der Waals surface area contributed by atoms with Crippen molar-refractivity contribution in [2.75, 3.05) is 6.61 Å². The van der Waals surface area contributed by atoms with Gasteiger partial charge in [-0.1, -0.05) is 6.42 Å². The summed E-state index contributed by atoms with van der Waals surface area (Å²) in [5.41, 5.74) is 3.22. The highest BCUT2D eigenvalue weighted by atomic mass is 19.1. The minimum Gasteiger partial charge on any atom is -0.485 e. The predicted octanol–water partition coefficient (Wildman–Crippen LogP) is 4.77. The van der Waals surface area contributed by atoms with Crippen molar-refractivity contribution in [1.29, 1.82) is 0 Å². The average molecular weight is 380 g/mol. The third kappa shape index (κ3) is 3.44. The number of halogens is 1. The van der Waals surface area contributed by atoms with Crippen LogP contribution in [0.3, 0.4) is 0 Å². The number of fused-ring (bicyclic) bond motifs is 3. The molecule has 4 rings (SSSR count). The van der Waals surface area contributed by atoms with E-state index in [1.165, 1.54) is 24.3 Å². The quantitative estimate of drug-likeness (QED) is 0.372. The molecular formula is C23H21FO4. The Morgan fingerprint density at radius 1 is 1.04 bits per heavy atom. The van der Waals surface area contributed by atoms with Gasteiger partial charge >= 0.3 is 5.63 Å². The SMILES string of the molecule is Cc1c(OCC(=O)c2ccc(F)cc2)ccc2c3c(c(=O)oc12)CCCCC3. The van der Waals surface area contributed by atoms with Gasteiger partial charge in [0, 0.05) is 22.1 Å². The van der Waals surface area contributed by atoms with E-state index >= 15 is 0 Å². The number of rotatable bonds is 4. The second-order valence-corrected chi connectivity index (χ2v) is 7.19. The molecule has 0 fully saturated rings. The smallest absolute Gasteiger partial charge is 0.339 e. The van der Waals surface area contributed by atoms with Crippen LogP contribution >= 0.6 is 0 Å². The van der Waals surface area contributed by atoms with Crippen molar-refractivity contribution in [2.24, 2.45) is 0 Å². The van der Waals surface area contributed by atoms with Gasteiger partial charge in [-0.25, -0.2) is 9.18 Å². The second-order valence-electron chi connectivity index (χ2n) is 7.19. The molecule has 0 atom stereocenters. The van der Waals surface area contributed by atoms with E-state index in [0.29, 0.717) is 22.5 Å². The first-order valence-electron chi connectivity index (χ1n) is 9.54. The Hall–Kier alpha value is -2.95. The molecular weight excluding hydrogens is 359 g/mol. The maximum atomic E-state index is 13.0. The first-order chi connectivity index (χ1) is 13.5. The lowest BCUT2D eigenvalue weighted by molar-refractivity contribution is 0.0921. The number of aryl methyl sites for hydroxylation is 2. The van der Waals surface area contributed by atoms with Crippen LogP contribution in [0.1, 0.15) is 46.3 Å². The Morgan fingerprint density at radius 2 is 1.75 bits per heavy atom. The van der Waals surface area contributed by atoms with Crippen LogP contribution in [0.4, 0.5) is 4.39 Å². The fourth-order valence-corrected chi connectivity index (χ4v) is 3.82. The number of ether oxygens (including phenoxy) is 1. The van der Waals surface area contributed by atoms with E-state index in [1.807, 2.05) is 19.1 Å². The van der Waals surface area contributed by atoms with Crippen molar-refractivity contribution in [1.82, 2.24) is 0 Å². The minimum atomic E-state index is -0.392. The van der Waals surface area contributed by atoms with Gasteiger partial charge in [-0.3, -0.25) is 4.79 Å². The Balaban J connectivity index is 1.64. The van der Waals surface area contributed by atoms with E-state index in [9.17, 15) is 14.0 Å². The van der Waals surface area contributed by atoms with Crippen LogP contribution in [0.15, 0.2) is 45.6 Å². The molecule has 0 unspecified atom stereocenters. The molecule has 0 N–H and O–H groups in total. The van der Waals surface area contributed by atoms with Crippen molar-refractivity contribution in [3.05, 3.63) is 74.9 Å². The highest BCUT2D eigenvalue weighted by Crippen LogP contribution is 2.32. The second kappa shape index (κ2) is 7.58. The van der Waals surface area contributed by atoms with Crippen LogP contribution < -0.4 is 10.4 Å². The lowest BCUT2D eigenvalue weighted by atomic mass is 9.98. The van der Waals surface area contributed by atoms with Crippen molar-refractivity contribution >= 4 is 16.8 Å². The van der Waals surface area contributed by atoms with Gasteiger partial charge in [0.25, 0.3) is 0 Å². The Kier molecular flexibility index (Phi) is 4.99. The first-order valence-corrected chi connectivity index (χ1v) is 9.54. The predicted molar refractivity (Wildman–Crippen MR) is 105 cm³/mol. The molecule has 5 heteroatoms. The Bertz CT molecular complexity index is 1100. The number of hydrogen-bond donors (Lipinski definition) is 0. The zero-order valence-electron chi connectivity index (χ0n) is 15.7. The highest BCUT2D eigenvalue weighted by Gasteiger charge is 2.19. The third-order valence-electron chi connectivity index (χ3n) is 5.37. The van der Waals surface area contributed by atoms with Crippen molar-refractivity contribution in [3.8, 4) is 5.75 Å². The summed E-state index contributed by atoms with van der Waals surface area (Å²) in [6.07, 6.45) is 4.82. The van der Waals surface area contributed by atoms with Crippen molar-refractivity contribution in [2.45, 2.75) is 39.0 Å².